The second-order valence-corrected chi connectivity index (χ2v) is 7.66. The van der Waals surface area contributed by atoms with E-state index in [0.29, 0.717) is 13.0 Å². The Labute approximate surface area is 125 Å². The van der Waals surface area contributed by atoms with Crippen LogP contribution in [0.3, 0.4) is 0 Å². The van der Waals surface area contributed by atoms with Crippen LogP contribution >= 0.6 is 0 Å². The number of amides is 1. The lowest BCUT2D eigenvalue weighted by Crippen LogP contribution is -2.53. The van der Waals surface area contributed by atoms with Crippen LogP contribution < -0.4 is 0 Å². The Bertz CT molecular complexity index is 323. The summed E-state index contributed by atoms with van der Waals surface area (Å²) in [5.41, 5.74) is -0.304. The van der Waals surface area contributed by atoms with Crippen LogP contribution in [0, 0.1) is 11.3 Å². The summed E-state index contributed by atoms with van der Waals surface area (Å²) in [5, 5.41) is 19.1. The quantitative estimate of drug-likeness (QED) is 0.532. The second-order valence-electron chi connectivity index (χ2n) is 5.84. The van der Waals surface area contributed by atoms with Gasteiger partial charge in [0.05, 0.1) is 6.10 Å². The van der Waals surface area contributed by atoms with Crippen LogP contribution in [-0.2, 0) is 8.85 Å². The van der Waals surface area contributed by atoms with Crippen LogP contribution in [0.15, 0.2) is 0 Å². The highest BCUT2D eigenvalue weighted by Gasteiger charge is 2.43. The predicted octanol–water partition coefficient (Wildman–Crippen LogP) is -0.00350. The molecule has 1 aliphatic rings. The second kappa shape index (κ2) is 7.55. The van der Waals surface area contributed by atoms with Gasteiger partial charge < -0.3 is 24.0 Å². The summed E-state index contributed by atoms with van der Waals surface area (Å²) in [5.74, 6) is 0.0356. The fourth-order valence-corrected chi connectivity index (χ4v) is 4.59. The third kappa shape index (κ3) is 4.29. The predicted molar refractivity (Wildman–Crippen MR) is 82.3 cm³/mol. The van der Waals surface area contributed by atoms with Crippen LogP contribution in [0.4, 0.5) is 4.79 Å². The topological polar surface area (TPSA) is 79.2 Å². The third-order valence-corrected chi connectivity index (χ3v) is 5.27. The highest BCUT2D eigenvalue weighted by molar-refractivity contribution is 6.26. The fourth-order valence-electron chi connectivity index (χ4n) is 2.74. The lowest BCUT2D eigenvalue weighted by atomic mass is 9.73. The van der Waals surface area contributed by atoms with Crippen molar-refractivity contribution in [3.63, 3.8) is 0 Å². The molecule has 1 aliphatic heterocycles. The van der Waals surface area contributed by atoms with E-state index in [4.69, 9.17) is 14.0 Å². The lowest BCUT2D eigenvalue weighted by molar-refractivity contribution is -0.124. The number of likely N-dealkylation sites (tertiary alicyclic amines) is 1. The van der Waals surface area contributed by atoms with E-state index >= 15 is 0 Å². The minimum Gasteiger partial charge on any atom is -0.465 e. The zero-order valence-corrected chi connectivity index (χ0v) is 15.7. The number of piperidine rings is 1. The van der Waals surface area contributed by atoms with Crippen molar-refractivity contribution in [3.8, 4) is 0 Å². The van der Waals surface area contributed by atoms with Crippen LogP contribution in [0.5, 0.6) is 0 Å². The van der Waals surface area contributed by atoms with Gasteiger partial charge >= 0.3 is 6.09 Å². The number of β-amino-alcohol motifs (C(OH)–C–C–N with tert-alkyl or cyclic N) is 1. The van der Waals surface area contributed by atoms with Gasteiger partial charge in [-0.15, -0.1) is 0 Å². The molecule has 1 fully saturated rings. The molecule has 0 aromatic rings. The van der Waals surface area contributed by atoms with Gasteiger partial charge in [0.2, 0.25) is 0 Å². The average Bonchev–Trinajstić information content (AvgIpc) is 2.37. The lowest BCUT2D eigenvalue weighted by Gasteiger charge is -2.45. The molecule has 0 saturated carbocycles. The van der Waals surface area contributed by atoms with Gasteiger partial charge in [-0.2, -0.15) is 0 Å². The highest BCUT2D eigenvalue weighted by Crippen LogP contribution is 2.38. The maximum atomic E-state index is 11.2. The Morgan fingerprint density at radius 2 is 1.85 bits per heavy atom. The van der Waals surface area contributed by atoms with Gasteiger partial charge in [-0.05, 0) is 12.3 Å². The van der Waals surface area contributed by atoms with Crippen LogP contribution in [-0.4, -0.2) is 66.2 Å². The van der Waals surface area contributed by atoms with E-state index in [9.17, 15) is 9.90 Å². The Kier molecular flexibility index (Phi) is 6.66. The number of nitrogens with zero attached hydrogens (tertiary/aromatic N) is 1. The van der Waals surface area contributed by atoms with Crippen molar-refractivity contribution in [2.75, 3.05) is 13.1 Å². The molecule has 1 rings (SSSR count). The Morgan fingerprint density at radius 1 is 1.30 bits per heavy atom. The van der Waals surface area contributed by atoms with E-state index in [2.05, 4.69) is 26.9 Å². The molecule has 0 radical (unpaired) electrons. The number of carboxylic acid groups (broad SMARTS) is 1. The normalized spacial score (nSPS) is 26.8. The summed E-state index contributed by atoms with van der Waals surface area (Å²) >= 11 is 0. The summed E-state index contributed by atoms with van der Waals surface area (Å²) in [6.45, 7) is 8.84. The summed E-state index contributed by atoms with van der Waals surface area (Å²) in [6.07, 6.45) is -1.27. The van der Waals surface area contributed by atoms with Crippen LogP contribution in [0.25, 0.3) is 0 Å². The average molecular weight is 322 g/mol. The Hall–Kier alpha value is -0.416. The molecule has 0 bridgehead atoms. The number of carbonyl (C=O) groups is 1. The first kappa shape index (κ1) is 17.6. The zero-order chi connectivity index (χ0) is 15.3. The first-order chi connectivity index (χ1) is 9.32. The first-order valence-corrected chi connectivity index (χ1v) is 11.2. The molecule has 2 atom stereocenters. The van der Waals surface area contributed by atoms with E-state index in [1.807, 2.05) is 0 Å². The van der Waals surface area contributed by atoms with Crippen molar-refractivity contribution in [2.24, 2.45) is 11.3 Å². The summed E-state index contributed by atoms with van der Waals surface area (Å²) in [7, 11) is -1.21. The molecule has 1 heterocycles. The number of hydrogen-bond acceptors (Lipinski definition) is 4. The van der Waals surface area contributed by atoms with Gasteiger partial charge in [-0.25, -0.2) is 4.79 Å². The maximum Gasteiger partial charge on any atom is 0.407 e. The summed E-state index contributed by atoms with van der Waals surface area (Å²) in [4.78, 5) is 12.5. The number of aliphatic hydroxyl groups is 1. The van der Waals surface area contributed by atoms with E-state index in [1.54, 1.807) is 0 Å². The number of aliphatic hydroxyl groups excluding tert-OH is 1. The van der Waals surface area contributed by atoms with Gasteiger partial charge in [0, 0.05) is 18.5 Å². The maximum absolute atomic E-state index is 11.2. The molecule has 0 aliphatic carbocycles. The molecule has 1 amide bonds. The van der Waals surface area contributed by atoms with Crippen molar-refractivity contribution in [1.82, 2.24) is 4.90 Å². The van der Waals surface area contributed by atoms with Gasteiger partial charge in [0.1, 0.15) is 6.29 Å². The zero-order valence-electron chi connectivity index (χ0n) is 12.8. The summed E-state index contributed by atoms with van der Waals surface area (Å²) in [6, 6.07) is 0. The molecular formula is C12H27NO5Si2. The Morgan fingerprint density at radius 3 is 2.30 bits per heavy atom. The minimum atomic E-state index is -0.974. The standard InChI is InChI=1S/C12H27NO5Si2/c1-12(2,10(17-19-3)18-20-4)8-5-9(14)7-13(6-8)11(15)16/h8-10,14H,5-7,19-20H2,1-4H3,(H,15,16). The molecule has 8 heteroatoms. The summed E-state index contributed by atoms with van der Waals surface area (Å²) < 4.78 is 11.7. The molecule has 2 unspecified atom stereocenters. The van der Waals surface area contributed by atoms with Crippen molar-refractivity contribution < 1.29 is 23.9 Å². The van der Waals surface area contributed by atoms with Gasteiger partial charge in [-0.1, -0.05) is 26.9 Å². The van der Waals surface area contributed by atoms with E-state index in [0.717, 1.165) is 0 Å². The Balaban J connectivity index is 2.84. The van der Waals surface area contributed by atoms with E-state index in [-0.39, 0.29) is 24.2 Å². The molecule has 2 N–H and O–H groups in total. The molecular weight excluding hydrogens is 294 g/mol. The number of rotatable bonds is 6. The smallest absolute Gasteiger partial charge is 0.407 e. The highest BCUT2D eigenvalue weighted by atomic mass is 28.2. The number of hydrogen-bond donors (Lipinski definition) is 2. The minimum absolute atomic E-state index is 0.0356. The molecule has 1 saturated heterocycles. The van der Waals surface area contributed by atoms with Gasteiger partial charge in [0.25, 0.3) is 0 Å². The molecule has 118 valence electrons. The van der Waals surface area contributed by atoms with Crippen LogP contribution in [0.1, 0.15) is 20.3 Å². The molecule has 0 aromatic heterocycles. The molecule has 0 spiro atoms. The third-order valence-electron chi connectivity index (χ3n) is 3.99. The van der Waals surface area contributed by atoms with Crippen molar-refractivity contribution >= 4 is 25.6 Å². The monoisotopic (exact) mass is 321 g/mol. The SMILES string of the molecule is C[SiH2]OC(O[SiH2]C)C(C)(C)C1CC(O)CN(C(=O)O)C1. The van der Waals surface area contributed by atoms with Crippen molar-refractivity contribution in [1.29, 1.82) is 0 Å². The van der Waals surface area contributed by atoms with Gasteiger partial charge in [0.15, 0.2) is 19.5 Å². The van der Waals surface area contributed by atoms with E-state index < -0.39 is 31.7 Å². The fraction of sp³-hybridized carbons (Fsp3) is 0.917. The largest absolute Gasteiger partial charge is 0.465 e. The van der Waals surface area contributed by atoms with Crippen molar-refractivity contribution in [3.05, 3.63) is 0 Å². The van der Waals surface area contributed by atoms with Crippen molar-refractivity contribution in [2.45, 2.75) is 45.8 Å². The molecule has 20 heavy (non-hydrogen) atoms. The van der Waals surface area contributed by atoms with E-state index in [1.165, 1.54) is 4.90 Å². The van der Waals surface area contributed by atoms with Crippen LogP contribution in [0.2, 0.25) is 13.1 Å². The first-order valence-electron chi connectivity index (χ1n) is 7.22. The molecule has 0 aromatic carbocycles. The van der Waals surface area contributed by atoms with Gasteiger partial charge in [-0.3, -0.25) is 0 Å². The molecule has 6 nitrogen and oxygen atoms in total.